The van der Waals surface area contributed by atoms with E-state index in [1.54, 1.807) is 6.08 Å². The number of aliphatic hydroxyl groups is 1. The molecule has 0 fully saturated rings. The van der Waals surface area contributed by atoms with Gasteiger partial charge in [-0.3, -0.25) is 4.79 Å². The van der Waals surface area contributed by atoms with E-state index in [1.165, 1.54) is 7.11 Å². The third kappa shape index (κ3) is 7.95. The summed E-state index contributed by atoms with van der Waals surface area (Å²) < 4.78 is 10.8. The number of allylic oxidation sites excluding steroid dienone is 4. The van der Waals surface area contributed by atoms with Crippen LogP contribution in [0, 0.1) is 11.8 Å². The van der Waals surface area contributed by atoms with Crippen molar-refractivity contribution in [2.24, 2.45) is 11.8 Å². The maximum atomic E-state index is 11.3. The smallest absolute Gasteiger partial charge is 0.151 e. The summed E-state index contributed by atoms with van der Waals surface area (Å²) in [7, 11) is 1.50. The maximum absolute atomic E-state index is 11.3. The van der Waals surface area contributed by atoms with Crippen molar-refractivity contribution in [3.63, 3.8) is 0 Å². The van der Waals surface area contributed by atoms with Crippen molar-refractivity contribution in [3.05, 3.63) is 47.8 Å². The summed E-state index contributed by atoms with van der Waals surface area (Å²) >= 11 is 0. The highest BCUT2D eigenvalue weighted by Gasteiger charge is 2.26. The fourth-order valence-electron chi connectivity index (χ4n) is 1.83. The zero-order valence-electron chi connectivity index (χ0n) is 14.9. The molecule has 4 heteroatoms. The Morgan fingerprint density at radius 3 is 2.35 bits per heavy atom. The minimum Gasteiger partial charge on any atom is -0.490 e. The molecule has 0 aliphatic heterocycles. The number of hydrogen-bond acceptors (Lipinski definition) is 4. The lowest BCUT2D eigenvalue weighted by molar-refractivity contribution is -0.105. The van der Waals surface area contributed by atoms with E-state index < -0.39 is 6.10 Å². The molecule has 0 radical (unpaired) electrons. The molecule has 2 unspecified atom stereocenters. The van der Waals surface area contributed by atoms with E-state index in [9.17, 15) is 9.90 Å². The minimum atomic E-state index is -0.845. The van der Waals surface area contributed by atoms with Crippen LogP contribution in [-0.2, 0) is 14.3 Å². The Bertz CT molecular complexity index is 458. The van der Waals surface area contributed by atoms with Gasteiger partial charge in [-0.2, -0.15) is 0 Å². The molecule has 0 saturated heterocycles. The summed E-state index contributed by atoms with van der Waals surface area (Å²) in [4.78, 5) is 11.3. The minimum absolute atomic E-state index is 0.0400. The van der Waals surface area contributed by atoms with Crippen LogP contribution in [0.2, 0.25) is 0 Å². The number of carbonyl (C=O) groups is 1. The Balaban J connectivity index is 5.29. The number of aldehydes is 1. The second kappa shape index (κ2) is 11.9. The van der Waals surface area contributed by atoms with E-state index in [-0.39, 0.29) is 18.4 Å². The van der Waals surface area contributed by atoms with Gasteiger partial charge >= 0.3 is 0 Å². The van der Waals surface area contributed by atoms with Gasteiger partial charge in [-0.1, -0.05) is 51.7 Å². The molecule has 0 rings (SSSR count). The van der Waals surface area contributed by atoms with Crippen LogP contribution in [0.1, 0.15) is 27.7 Å². The first kappa shape index (κ1) is 21.4. The van der Waals surface area contributed by atoms with Gasteiger partial charge in [0.15, 0.2) is 6.29 Å². The fraction of sp³-hybridized carbons (Fsp3) is 0.526. The van der Waals surface area contributed by atoms with Crippen molar-refractivity contribution in [2.45, 2.75) is 33.8 Å². The molecule has 0 spiro atoms. The zero-order valence-corrected chi connectivity index (χ0v) is 14.9. The van der Waals surface area contributed by atoms with E-state index in [4.69, 9.17) is 9.47 Å². The molecule has 0 bridgehead atoms. The van der Waals surface area contributed by atoms with Crippen LogP contribution in [0.4, 0.5) is 0 Å². The molecule has 0 aliphatic rings. The standard InChI is InChI=1S/C19H30O4/c1-7-8-9-10-15(4)12-23-19(17(11-20)13-22-6)18(21)16(5)14(2)3/h7-11,14,16,18,21H,1,12-13H2,2-6H3/b9-8-,15-10+,19-17-. The molecule has 0 saturated carbocycles. The Labute approximate surface area is 140 Å². The van der Waals surface area contributed by atoms with Crippen LogP contribution in [-0.4, -0.2) is 37.8 Å². The van der Waals surface area contributed by atoms with Crippen molar-refractivity contribution in [1.82, 2.24) is 0 Å². The van der Waals surface area contributed by atoms with Crippen LogP contribution in [0.5, 0.6) is 0 Å². The Morgan fingerprint density at radius 2 is 1.87 bits per heavy atom. The maximum Gasteiger partial charge on any atom is 0.151 e. The molecule has 4 nitrogen and oxygen atoms in total. The van der Waals surface area contributed by atoms with E-state index in [0.717, 1.165) is 5.57 Å². The SMILES string of the molecule is C=C/C=C\C=C(/C)CO/C(=C(/C=O)COC)C(O)C(C)C(C)C. The number of hydrogen-bond donors (Lipinski definition) is 1. The topological polar surface area (TPSA) is 55.8 Å². The third-order valence-electron chi connectivity index (χ3n) is 3.66. The van der Waals surface area contributed by atoms with Gasteiger partial charge in [-0.15, -0.1) is 0 Å². The molecular formula is C19H30O4. The summed E-state index contributed by atoms with van der Waals surface area (Å²) in [5.41, 5.74) is 1.30. The number of methoxy groups -OCH3 is 1. The summed E-state index contributed by atoms with van der Waals surface area (Å²) in [6.07, 6.45) is 7.10. The first-order chi connectivity index (χ1) is 10.9. The van der Waals surface area contributed by atoms with Crippen LogP contribution in [0.25, 0.3) is 0 Å². The molecule has 0 aliphatic carbocycles. The third-order valence-corrected chi connectivity index (χ3v) is 3.66. The molecule has 0 aromatic rings. The number of carbonyl (C=O) groups excluding carboxylic acids is 1. The number of rotatable bonds is 11. The van der Waals surface area contributed by atoms with Crippen LogP contribution in [0.3, 0.4) is 0 Å². The average molecular weight is 322 g/mol. The Hall–Kier alpha value is -1.65. The second-order valence-electron chi connectivity index (χ2n) is 5.91. The summed E-state index contributed by atoms with van der Waals surface area (Å²) in [5, 5.41) is 10.6. The second-order valence-corrected chi connectivity index (χ2v) is 5.91. The van der Waals surface area contributed by atoms with Crippen LogP contribution < -0.4 is 0 Å². The van der Waals surface area contributed by atoms with Gasteiger partial charge in [0, 0.05) is 7.11 Å². The predicted molar refractivity (Wildman–Crippen MR) is 94.0 cm³/mol. The zero-order chi connectivity index (χ0) is 17.8. The monoisotopic (exact) mass is 322 g/mol. The molecule has 130 valence electrons. The molecule has 1 N–H and O–H groups in total. The van der Waals surface area contributed by atoms with Gasteiger partial charge in [0.25, 0.3) is 0 Å². The van der Waals surface area contributed by atoms with Crippen molar-refractivity contribution in [3.8, 4) is 0 Å². The first-order valence-corrected chi connectivity index (χ1v) is 7.81. The Morgan fingerprint density at radius 1 is 1.22 bits per heavy atom. The highest BCUT2D eigenvalue weighted by Crippen LogP contribution is 2.23. The molecule has 0 aromatic heterocycles. The summed E-state index contributed by atoms with van der Waals surface area (Å²) in [6.45, 7) is 11.9. The molecule has 2 atom stereocenters. The van der Waals surface area contributed by atoms with E-state index >= 15 is 0 Å². The van der Waals surface area contributed by atoms with Gasteiger partial charge in [0.2, 0.25) is 0 Å². The van der Waals surface area contributed by atoms with Crippen molar-refractivity contribution in [1.29, 1.82) is 0 Å². The van der Waals surface area contributed by atoms with Crippen molar-refractivity contribution in [2.75, 3.05) is 20.3 Å². The summed E-state index contributed by atoms with van der Waals surface area (Å²) in [5.74, 6) is 0.511. The lowest BCUT2D eigenvalue weighted by Gasteiger charge is -2.26. The lowest BCUT2D eigenvalue weighted by Crippen LogP contribution is -2.28. The van der Waals surface area contributed by atoms with E-state index in [1.807, 2.05) is 45.9 Å². The molecule has 0 aromatic carbocycles. The lowest BCUT2D eigenvalue weighted by atomic mass is 9.90. The highest BCUT2D eigenvalue weighted by molar-refractivity contribution is 5.74. The summed E-state index contributed by atoms with van der Waals surface area (Å²) in [6, 6.07) is 0. The molecule has 0 amide bonds. The van der Waals surface area contributed by atoms with Gasteiger partial charge in [0.1, 0.15) is 18.5 Å². The van der Waals surface area contributed by atoms with E-state index in [0.29, 0.717) is 24.2 Å². The molecule has 23 heavy (non-hydrogen) atoms. The first-order valence-electron chi connectivity index (χ1n) is 7.81. The van der Waals surface area contributed by atoms with Crippen LogP contribution in [0.15, 0.2) is 47.8 Å². The van der Waals surface area contributed by atoms with Crippen LogP contribution >= 0.6 is 0 Å². The average Bonchev–Trinajstić information content (AvgIpc) is 2.52. The highest BCUT2D eigenvalue weighted by atomic mass is 16.5. The Kier molecular flexibility index (Phi) is 11.0. The largest absolute Gasteiger partial charge is 0.490 e. The van der Waals surface area contributed by atoms with Gasteiger partial charge in [0.05, 0.1) is 12.2 Å². The fourth-order valence-corrected chi connectivity index (χ4v) is 1.83. The van der Waals surface area contributed by atoms with Crippen molar-refractivity contribution < 1.29 is 19.4 Å². The van der Waals surface area contributed by atoms with Gasteiger partial charge < -0.3 is 14.6 Å². The van der Waals surface area contributed by atoms with Gasteiger partial charge in [-0.25, -0.2) is 0 Å². The number of ether oxygens (including phenoxy) is 2. The predicted octanol–water partition coefficient (Wildman–Crippen LogP) is 3.44. The molecular weight excluding hydrogens is 292 g/mol. The normalized spacial score (nSPS) is 16.2. The quantitative estimate of drug-likeness (QED) is 0.274. The van der Waals surface area contributed by atoms with E-state index in [2.05, 4.69) is 6.58 Å². The van der Waals surface area contributed by atoms with Gasteiger partial charge in [-0.05, 0) is 24.3 Å². The number of aliphatic hydroxyl groups excluding tert-OH is 1. The van der Waals surface area contributed by atoms with Crippen molar-refractivity contribution >= 4 is 6.29 Å². The molecule has 0 heterocycles.